The number of nitrogens with zero attached hydrogens (tertiary/aromatic N) is 2. The molecule has 9 N–H and O–H groups in total. The van der Waals surface area contributed by atoms with Crippen molar-refractivity contribution in [2.24, 2.45) is 5.73 Å². The smallest absolute Gasteiger partial charge is 0.340 e. The highest BCUT2D eigenvalue weighted by atomic mass is 32.1. The minimum absolute atomic E-state index is 0.0539. The van der Waals surface area contributed by atoms with E-state index in [9.17, 15) is 34.2 Å². The topological polar surface area (TPSA) is 256 Å². The van der Waals surface area contributed by atoms with Crippen LogP contribution in [0.25, 0.3) is 20.2 Å². The molecule has 6 aromatic rings. The van der Waals surface area contributed by atoms with Crippen molar-refractivity contribution < 1.29 is 43.7 Å². The lowest BCUT2D eigenvalue weighted by Gasteiger charge is -2.36. The zero-order valence-corrected chi connectivity index (χ0v) is 32.0. The number of carbonyl (C=O) groups is 5. The number of thiazole rings is 2. The molecule has 0 fully saturated rings. The van der Waals surface area contributed by atoms with Gasteiger partial charge in [-0.1, -0.05) is 6.07 Å². The number of nitrogens with two attached hydrogens (primary N) is 1. The maximum atomic E-state index is 13.4. The third kappa shape index (κ3) is 7.29. The molecule has 0 unspecified atom stereocenters. The Morgan fingerprint density at radius 1 is 0.741 bits per heavy atom. The number of hydrogen-bond acceptors (Lipinski definition) is 14. The lowest BCUT2D eigenvalue weighted by atomic mass is 9.77. The Kier molecular flexibility index (Phi) is 9.80. The summed E-state index contributed by atoms with van der Waals surface area (Å²) >= 11 is 7.93. The number of esters is 1. The normalized spacial score (nSPS) is 13.0. The van der Waals surface area contributed by atoms with Gasteiger partial charge in [-0.3, -0.25) is 19.2 Å². The van der Waals surface area contributed by atoms with E-state index in [1.54, 1.807) is 53.9 Å². The van der Waals surface area contributed by atoms with Crippen LogP contribution in [0.4, 0.5) is 11.4 Å². The summed E-state index contributed by atoms with van der Waals surface area (Å²) in [6.45, 7) is -1.04. The molecule has 0 saturated carbocycles. The Balaban J connectivity index is 0.812. The molecule has 2 aromatic heterocycles. The van der Waals surface area contributed by atoms with Crippen LogP contribution in [-0.4, -0.2) is 74.5 Å². The molecule has 8 rings (SSSR count). The first kappa shape index (κ1) is 37.7. The summed E-state index contributed by atoms with van der Waals surface area (Å²) in [6.07, 6.45) is 0. The van der Waals surface area contributed by atoms with Crippen molar-refractivity contribution in [3.63, 3.8) is 0 Å². The van der Waals surface area contributed by atoms with Crippen LogP contribution < -0.4 is 37.1 Å². The van der Waals surface area contributed by atoms with Gasteiger partial charge >= 0.3 is 5.97 Å². The average Bonchev–Trinajstić information content (AvgIpc) is 3.92. The molecule has 4 amide bonds. The number of nitrogens with one attached hydrogen (secondary N) is 5. The third-order valence-electron chi connectivity index (χ3n) is 8.94. The molecule has 20 heteroatoms. The van der Waals surface area contributed by atoms with E-state index in [2.05, 4.69) is 36.6 Å². The fraction of sp³-hybridized carbons (Fsp3) is 0.105. The van der Waals surface area contributed by atoms with Crippen molar-refractivity contribution in [1.82, 2.24) is 25.9 Å². The van der Waals surface area contributed by atoms with Crippen LogP contribution in [0.15, 0.2) is 78.2 Å². The number of carbonyl (C=O) groups excluding carboxylic acids is 5. The van der Waals surface area contributed by atoms with E-state index in [-0.39, 0.29) is 52.5 Å². The van der Waals surface area contributed by atoms with Crippen molar-refractivity contribution in [1.29, 1.82) is 0 Å². The van der Waals surface area contributed by atoms with Crippen LogP contribution in [0.2, 0.25) is 0 Å². The summed E-state index contributed by atoms with van der Waals surface area (Å²) in [7, 11) is 0. The van der Waals surface area contributed by atoms with Gasteiger partial charge in [0, 0.05) is 45.6 Å². The Morgan fingerprint density at radius 2 is 1.36 bits per heavy atom. The summed E-state index contributed by atoms with van der Waals surface area (Å²) in [6, 6.07) is 19.0. The van der Waals surface area contributed by atoms with Crippen LogP contribution in [0, 0.1) is 0 Å². The van der Waals surface area contributed by atoms with Gasteiger partial charge in [0.05, 0.1) is 35.4 Å². The zero-order valence-electron chi connectivity index (χ0n) is 29.6. The molecular weight excluding hydrogens is 809 g/mol. The van der Waals surface area contributed by atoms with Crippen LogP contribution in [0.5, 0.6) is 23.0 Å². The second-order valence-corrected chi connectivity index (χ2v) is 15.1. The van der Waals surface area contributed by atoms with Crippen molar-refractivity contribution in [3.05, 3.63) is 106 Å². The first-order valence-corrected chi connectivity index (χ1v) is 19.2. The molecule has 0 bridgehead atoms. The number of aromatic nitrogens is 2. The molecule has 0 radical (unpaired) electrons. The number of ether oxygens (including phenoxy) is 2. The molecule has 0 saturated heterocycles. The van der Waals surface area contributed by atoms with Gasteiger partial charge in [-0.2, -0.15) is 0 Å². The molecule has 58 heavy (non-hydrogen) atoms. The Bertz CT molecular complexity index is 2680. The highest BCUT2D eigenvalue weighted by Crippen LogP contribution is 2.57. The number of amides is 4. The van der Waals surface area contributed by atoms with Crippen molar-refractivity contribution in [3.8, 4) is 33.0 Å². The quantitative estimate of drug-likeness (QED) is 0.0725. The highest BCUT2D eigenvalue weighted by molar-refractivity contribution is 7.80. The lowest BCUT2D eigenvalue weighted by molar-refractivity contribution is -0.126. The van der Waals surface area contributed by atoms with Crippen molar-refractivity contribution >= 4 is 91.2 Å². The summed E-state index contributed by atoms with van der Waals surface area (Å²) in [5.74, 6) is -2.53. The maximum Gasteiger partial charge on any atom is 0.340 e. The minimum Gasteiger partial charge on any atom is -0.508 e. The Labute approximate surface area is 340 Å². The first-order chi connectivity index (χ1) is 27.9. The zero-order chi connectivity index (χ0) is 40.7. The van der Waals surface area contributed by atoms with Gasteiger partial charge in [-0.25, -0.2) is 14.8 Å². The van der Waals surface area contributed by atoms with Crippen LogP contribution in [-0.2, 0) is 24.7 Å². The number of thiocarbonyl (C=S) groups is 1. The number of anilines is 2. The van der Waals surface area contributed by atoms with Crippen molar-refractivity contribution in [2.45, 2.75) is 5.60 Å². The summed E-state index contributed by atoms with van der Waals surface area (Å²) in [5, 5.41) is 36.3. The van der Waals surface area contributed by atoms with E-state index < -0.39 is 41.7 Å². The van der Waals surface area contributed by atoms with E-state index in [1.807, 2.05) is 0 Å². The summed E-state index contributed by atoms with van der Waals surface area (Å²) in [4.78, 5) is 70.9. The van der Waals surface area contributed by atoms with Gasteiger partial charge in [0.1, 0.15) is 28.7 Å². The standard InChI is InChI=1S/C38H28N8O9S3/c39-33(52)26-16-57-34(46-26)35-45-25-8-2-18(10-29(25)58-35)43-32(51)15-41-30(49)13-40-31(50)14-42-37(56)44-17-1-5-22-21(9-17)36(53)55-38(22)23-6-3-19(47)11-27(23)54-28-12-20(48)4-7-24(28)38/h1-12,16,47-48H,13-15H2,(H2,39,52)(H,40,50)(H,41,49)(H,43,51)(H2,42,44,56). The van der Waals surface area contributed by atoms with Crippen molar-refractivity contribution in [2.75, 3.05) is 30.3 Å². The monoisotopic (exact) mass is 836 g/mol. The first-order valence-electron chi connectivity index (χ1n) is 17.1. The number of rotatable bonds is 10. The molecule has 4 heterocycles. The predicted octanol–water partition coefficient (Wildman–Crippen LogP) is 3.66. The van der Waals surface area contributed by atoms with E-state index in [0.29, 0.717) is 43.6 Å². The van der Waals surface area contributed by atoms with E-state index in [4.69, 9.17) is 27.4 Å². The van der Waals surface area contributed by atoms with E-state index in [1.165, 1.54) is 46.9 Å². The van der Waals surface area contributed by atoms with E-state index in [0.717, 1.165) is 4.70 Å². The molecule has 0 aliphatic carbocycles. The Hall–Kier alpha value is -7.16. The number of aromatic hydroxyl groups is 2. The van der Waals surface area contributed by atoms with Gasteiger partial charge < -0.3 is 52.0 Å². The number of primary amides is 1. The van der Waals surface area contributed by atoms with Gasteiger partial charge in [0.25, 0.3) is 5.91 Å². The molecule has 2 aliphatic rings. The fourth-order valence-electron chi connectivity index (χ4n) is 6.39. The number of phenolic OH excluding ortho intramolecular Hbond substituents is 2. The molecule has 2 aliphatic heterocycles. The van der Waals surface area contributed by atoms with E-state index >= 15 is 0 Å². The minimum atomic E-state index is -1.42. The van der Waals surface area contributed by atoms with Gasteiger partial charge in [-0.15, -0.1) is 22.7 Å². The van der Waals surface area contributed by atoms with Gasteiger partial charge in [-0.05, 0) is 66.8 Å². The molecule has 292 valence electrons. The molecule has 4 aromatic carbocycles. The molecule has 0 atom stereocenters. The van der Waals surface area contributed by atoms with Crippen LogP contribution in [0.1, 0.15) is 37.5 Å². The second kappa shape index (κ2) is 15.1. The highest BCUT2D eigenvalue weighted by Gasteiger charge is 2.53. The second-order valence-electron chi connectivity index (χ2n) is 12.8. The maximum absolute atomic E-state index is 13.4. The van der Waals surface area contributed by atoms with Gasteiger partial charge in [0.2, 0.25) is 17.7 Å². The molecule has 1 spiro atoms. The molecule has 17 nitrogen and oxygen atoms in total. The average molecular weight is 837 g/mol. The Morgan fingerprint density at radius 3 is 2.03 bits per heavy atom. The third-order valence-corrected chi connectivity index (χ3v) is 11.2. The number of phenols is 2. The number of benzene rings is 4. The molecular formula is C38H28N8O9S3. The SMILES string of the molecule is NC(=O)c1csc(-c2nc3ccc(NC(=O)CNC(=O)CNC(=O)CNC(=S)Nc4ccc5c(c4)C(=O)OC54c5ccc(O)cc5Oc5cc(O)ccc54)cc3s2)n1. The number of fused-ring (bicyclic) bond motifs is 7. The fourth-order valence-corrected chi connectivity index (χ4v) is 8.42. The van der Waals surface area contributed by atoms with Gasteiger partial charge in [0.15, 0.2) is 20.7 Å². The van der Waals surface area contributed by atoms with Crippen LogP contribution >= 0.6 is 34.9 Å². The summed E-state index contributed by atoms with van der Waals surface area (Å²) in [5.41, 5.74) is 7.29. The van der Waals surface area contributed by atoms with Crippen LogP contribution in [0.3, 0.4) is 0 Å². The summed E-state index contributed by atoms with van der Waals surface area (Å²) < 4.78 is 12.8. The lowest BCUT2D eigenvalue weighted by Crippen LogP contribution is -2.44. The largest absolute Gasteiger partial charge is 0.508 e. The predicted molar refractivity (Wildman–Crippen MR) is 216 cm³/mol. The number of hydrogen-bond donors (Lipinski definition) is 8.